The first-order valence-electron chi connectivity index (χ1n) is 8.81. The summed E-state index contributed by atoms with van der Waals surface area (Å²) >= 11 is 0. The van der Waals surface area contributed by atoms with Crippen LogP contribution in [0.5, 0.6) is 0 Å². The fourth-order valence-electron chi connectivity index (χ4n) is 3.36. The van der Waals surface area contributed by atoms with Crippen molar-refractivity contribution >= 4 is 39.9 Å². The third-order valence-electron chi connectivity index (χ3n) is 4.35. The Labute approximate surface area is 164 Å². The summed E-state index contributed by atoms with van der Waals surface area (Å²) in [4.78, 5) is 30.6. The van der Waals surface area contributed by atoms with Gasteiger partial charge in [-0.15, -0.1) is 0 Å². The minimum Gasteiger partial charge on any atom is -0.382 e. The largest absolute Gasteiger partial charge is 0.497 e. The minimum atomic E-state index is -5.18. The first-order valence-corrected chi connectivity index (χ1v) is 8.81. The molecule has 2 heterocycles. The van der Waals surface area contributed by atoms with Crippen LogP contribution in [0.15, 0.2) is 29.3 Å². The van der Waals surface area contributed by atoms with Crippen LogP contribution in [0, 0.1) is 5.92 Å². The van der Waals surface area contributed by atoms with Crippen LogP contribution in [0.25, 0.3) is 10.9 Å². The van der Waals surface area contributed by atoms with E-state index in [9.17, 15) is 18.0 Å². The molecule has 0 fully saturated rings. The number of quaternary nitrogens is 1. The molecule has 3 rings (SSSR count). The number of hydroxylamine groups is 3. The van der Waals surface area contributed by atoms with Crippen LogP contribution in [-0.4, -0.2) is 43.2 Å². The average molecular weight is 412 g/mol. The van der Waals surface area contributed by atoms with Gasteiger partial charge in [0.15, 0.2) is 11.5 Å². The van der Waals surface area contributed by atoms with Crippen LogP contribution >= 0.6 is 0 Å². The van der Waals surface area contributed by atoms with Crippen LogP contribution in [0.2, 0.25) is 0 Å². The van der Waals surface area contributed by atoms with Crippen LogP contribution in [0.4, 0.5) is 30.4 Å². The number of benzene rings is 1. The van der Waals surface area contributed by atoms with Crippen molar-refractivity contribution in [2.45, 2.75) is 20.0 Å². The highest BCUT2D eigenvalue weighted by molar-refractivity contribution is 6.13. The number of pyridine rings is 1. The number of hydrogen-bond donors (Lipinski definition) is 2. The lowest BCUT2D eigenvalue weighted by molar-refractivity contribution is -0.223. The van der Waals surface area contributed by atoms with Gasteiger partial charge in [0, 0.05) is 5.92 Å². The molecule has 0 radical (unpaired) electrons. The number of hydrogen-bond acceptors (Lipinski definition) is 7. The molecule has 1 aliphatic rings. The maximum Gasteiger partial charge on any atom is 0.497 e. The highest BCUT2D eigenvalue weighted by atomic mass is 19.4. The van der Waals surface area contributed by atoms with E-state index in [0.29, 0.717) is 10.9 Å². The number of halogens is 3. The van der Waals surface area contributed by atoms with Gasteiger partial charge in [-0.25, -0.2) is 9.78 Å². The molecule has 0 saturated carbocycles. The van der Waals surface area contributed by atoms with Crippen molar-refractivity contribution in [3.63, 3.8) is 0 Å². The molecule has 3 N–H and O–H groups in total. The van der Waals surface area contributed by atoms with Crippen LogP contribution in [0.1, 0.15) is 13.8 Å². The molecule has 0 aliphatic carbocycles. The number of alkyl halides is 3. The molecule has 0 spiro atoms. The zero-order valence-electron chi connectivity index (χ0n) is 16.1. The van der Waals surface area contributed by atoms with Gasteiger partial charge in [0.1, 0.15) is 13.1 Å². The molecule has 0 amide bonds. The number of carbonyl (C=O) groups is 1. The van der Waals surface area contributed by atoms with Gasteiger partial charge in [-0.3, -0.25) is 4.84 Å². The highest BCUT2D eigenvalue weighted by Gasteiger charge is 2.56. The van der Waals surface area contributed by atoms with Crippen LogP contribution in [0.3, 0.4) is 0 Å². The molecule has 8 nitrogen and oxygen atoms in total. The normalized spacial score (nSPS) is 18.8. The van der Waals surface area contributed by atoms with Crippen molar-refractivity contribution in [2.24, 2.45) is 10.9 Å². The van der Waals surface area contributed by atoms with E-state index in [0.717, 1.165) is 0 Å². The Hall–Kier alpha value is -2.76. The average Bonchev–Trinajstić information content (AvgIpc) is 2.93. The number of carbonyl (C=O) groups excluding carboxylic acids is 1. The Kier molecular flexibility index (Phi) is 5.48. The standard InChI is InChI=1S/C18H21F3N5O3/c1-10(2)9-26(29-17(27)18(19,20)21)13(8-23-28-3)25-14-15(26)11-6-4-5-7-12(11)24-16(14)22/h4-7,10,23H,8-9H2,1-3H3,(H2,22,24)/q+1. The van der Waals surface area contributed by atoms with E-state index < -0.39 is 16.8 Å². The second-order valence-electron chi connectivity index (χ2n) is 6.96. The van der Waals surface area contributed by atoms with Crippen molar-refractivity contribution in [3.05, 3.63) is 24.3 Å². The topological polar surface area (TPSA) is 98.8 Å². The number of amidine groups is 1. The van der Waals surface area contributed by atoms with Gasteiger partial charge in [0.05, 0.1) is 18.0 Å². The smallest absolute Gasteiger partial charge is 0.382 e. The van der Waals surface area contributed by atoms with Crippen molar-refractivity contribution in [1.82, 2.24) is 15.1 Å². The zero-order chi connectivity index (χ0) is 21.4. The van der Waals surface area contributed by atoms with Gasteiger partial charge in [-0.2, -0.15) is 23.6 Å². The molecular formula is C18H21F3N5O3+. The van der Waals surface area contributed by atoms with Gasteiger partial charge in [0.25, 0.3) is 5.84 Å². The van der Waals surface area contributed by atoms with E-state index in [1.807, 2.05) is 0 Å². The molecule has 2 aromatic rings. The number of fused-ring (bicyclic) bond motifs is 3. The van der Waals surface area contributed by atoms with E-state index in [4.69, 9.17) is 15.4 Å². The molecule has 0 saturated heterocycles. The first kappa shape index (κ1) is 21.0. The second kappa shape index (κ2) is 7.58. The SMILES string of the molecule is CONCC1=Nc2c(N)nc3ccccc3c2[N+]1(CC(C)C)OC(=O)C(F)(F)F. The van der Waals surface area contributed by atoms with E-state index in [2.05, 4.69) is 15.5 Å². The Morgan fingerprint density at radius 3 is 2.62 bits per heavy atom. The Morgan fingerprint density at radius 1 is 1.31 bits per heavy atom. The molecule has 29 heavy (non-hydrogen) atoms. The lowest BCUT2D eigenvalue weighted by atomic mass is 10.1. The quantitative estimate of drug-likeness (QED) is 0.559. The van der Waals surface area contributed by atoms with Crippen LogP contribution in [-0.2, 0) is 14.5 Å². The maximum absolute atomic E-state index is 13.2. The lowest BCUT2D eigenvalue weighted by Gasteiger charge is -2.33. The van der Waals surface area contributed by atoms with Crippen molar-refractivity contribution in [3.8, 4) is 0 Å². The number of rotatable bonds is 6. The number of nitrogens with zero attached hydrogens (tertiary/aromatic N) is 3. The van der Waals surface area contributed by atoms with Gasteiger partial charge >= 0.3 is 12.1 Å². The third-order valence-corrected chi connectivity index (χ3v) is 4.35. The molecule has 0 bridgehead atoms. The summed E-state index contributed by atoms with van der Waals surface area (Å²) in [7, 11) is 1.35. The predicted octanol–water partition coefficient (Wildman–Crippen LogP) is 3.00. The summed E-state index contributed by atoms with van der Waals surface area (Å²) in [6.45, 7) is 3.50. The summed E-state index contributed by atoms with van der Waals surface area (Å²) in [5.74, 6) is -2.36. The summed E-state index contributed by atoms with van der Waals surface area (Å²) < 4.78 is 38.6. The number of nitrogen functional groups attached to an aromatic ring is 1. The summed E-state index contributed by atoms with van der Waals surface area (Å²) in [6, 6.07) is 6.79. The summed E-state index contributed by atoms with van der Waals surface area (Å²) in [5.41, 5.74) is 9.48. The lowest BCUT2D eigenvalue weighted by Crippen LogP contribution is -2.59. The maximum atomic E-state index is 13.2. The van der Waals surface area contributed by atoms with Crippen LogP contribution < -0.4 is 15.9 Å². The number of para-hydroxylation sites is 1. The number of nitrogens with one attached hydrogen (secondary N) is 1. The number of nitrogens with two attached hydrogens (primary N) is 1. The summed E-state index contributed by atoms with van der Waals surface area (Å²) in [5, 5.41) is 0.489. The number of aliphatic imine (C=N–C) groups is 1. The fraction of sp³-hybridized carbons (Fsp3) is 0.389. The molecule has 1 aromatic heterocycles. The minimum absolute atomic E-state index is 0.00644. The monoisotopic (exact) mass is 412 g/mol. The predicted molar refractivity (Wildman–Crippen MR) is 102 cm³/mol. The number of aromatic nitrogens is 1. The zero-order valence-corrected chi connectivity index (χ0v) is 16.1. The molecular weight excluding hydrogens is 391 g/mol. The van der Waals surface area contributed by atoms with E-state index in [1.165, 1.54) is 7.11 Å². The summed E-state index contributed by atoms with van der Waals surface area (Å²) in [6.07, 6.45) is -5.18. The number of anilines is 1. The van der Waals surface area contributed by atoms with E-state index in [1.54, 1.807) is 38.1 Å². The molecule has 1 aromatic carbocycles. The second-order valence-corrected chi connectivity index (χ2v) is 6.96. The highest BCUT2D eigenvalue weighted by Crippen LogP contribution is 2.49. The Balaban J connectivity index is 2.31. The van der Waals surface area contributed by atoms with Crippen molar-refractivity contribution in [2.75, 3.05) is 25.9 Å². The Morgan fingerprint density at radius 2 is 2.00 bits per heavy atom. The van der Waals surface area contributed by atoms with E-state index in [-0.39, 0.29) is 42.0 Å². The van der Waals surface area contributed by atoms with Gasteiger partial charge < -0.3 is 10.6 Å². The van der Waals surface area contributed by atoms with Crippen molar-refractivity contribution in [1.29, 1.82) is 0 Å². The molecule has 1 unspecified atom stereocenters. The van der Waals surface area contributed by atoms with E-state index >= 15 is 0 Å². The molecule has 11 heteroatoms. The van der Waals surface area contributed by atoms with Gasteiger partial charge in [-0.05, 0) is 12.1 Å². The Bertz CT molecular complexity index is 977. The van der Waals surface area contributed by atoms with Gasteiger partial charge in [-0.1, -0.05) is 30.6 Å². The third kappa shape index (κ3) is 3.76. The first-order chi connectivity index (χ1) is 13.6. The fourth-order valence-corrected chi connectivity index (χ4v) is 3.36. The van der Waals surface area contributed by atoms with Crippen molar-refractivity contribution < 1.29 is 27.6 Å². The molecule has 1 aliphatic heterocycles. The molecule has 156 valence electrons. The van der Waals surface area contributed by atoms with Gasteiger partial charge in [0.2, 0.25) is 5.69 Å². The molecule has 1 atom stereocenters.